The van der Waals surface area contributed by atoms with E-state index in [1.807, 2.05) is 24.3 Å². The Morgan fingerprint density at radius 1 is 1.23 bits per heavy atom. The largest absolute Gasteiger partial charge is 0.351 e. The Labute approximate surface area is 132 Å². The van der Waals surface area contributed by atoms with Crippen molar-refractivity contribution in [1.82, 2.24) is 9.97 Å². The number of aromatic amines is 1. The SMILES string of the molecule is O=C(Nc1nccs1)c1cc2c([nH]c3ccccc32)c(=O)s1. The van der Waals surface area contributed by atoms with Crippen molar-refractivity contribution in [2.45, 2.75) is 0 Å². The van der Waals surface area contributed by atoms with Crippen molar-refractivity contribution in [2.24, 2.45) is 0 Å². The van der Waals surface area contributed by atoms with Crippen LogP contribution < -0.4 is 10.1 Å². The topological polar surface area (TPSA) is 74.8 Å². The molecule has 0 fully saturated rings. The normalized spacial score (nSPS) is 11.1. The lowest BCUT2D eigenvalue weighted by Gasteiger charge is -2.00. The molecule has 1 aromatic carbocycles. The monoisotopic (exact) mass is 327 g/mol. The van der Waals surface area contributed by atoms with E-state index in [1.165, 1.54) is 11.3 Å². The zero-order chi connectivity index (χ0) is 15.1. The Bertz CT molecular complexity index is 1050. The summed E-state index contributed by atoms with van der Waals surface area (Å²) >= 11 is 2.27. The van der Waals surface area contributed by atoms with Crippen LogP contribution in [0.2, 0.25) is 0 Å². The second kappa shape index (κ2) is 5.04. The van der Waals surface area contributed by atoms with E-state index in [1.54, 1.807) is 17.6 Å². The quantitative estimate of drug-likeness (QED) is 0.592. The van der Waals surface area contributed by atoms with Gasteiger partial charge in [-0.15, -0.1) is 11.3 Å². The molecule has 108 valence electrons. The minimum atomic E-state index is -0.316. The van der Waals surface area contributed by atoms with Crippen LogP contribution in [-0.4, -0.2) is 15.9 Å². The van der Waals surface area contributed by atoms with Crippen LogP contribution in [-0.2, 0) is 0 Å². The maximum Gasteiger partial charge on any atom is 0.267 e. The van der Waals surface area contributed by atoms with E-state index < -0.39 is 0 Å². The van der Waals surface area contributed by atoms with Gasteiger partial charge in [0.1, 0.15) is 5.52 Å². The molecule has 0 aliphatic heterocycles. The summed E-state index contributed by atoms with van der Waals surface area (Å²) < 4.78 is -0.155. The smallest absolute Gasteiger partial charge is 0.267 e. The molecule has 0 saturated carbocycles. The first kappa shape index (κ1) is 13.2. The second-order valence-corrected chi connectivity index (χ2v) is 6.56. The van der Waals surface area contributed by atoms with E-state index in [-0.39, 0.29) is 10.6 Å². The average molecular weight is 327 g/mol. The number of carbonyl (C=O) groups is 1. The first-order chi connectivity index (χ1) is 10.7. The second-order valence-electron chi connectivity index (χ2n) is 4.65. The molecule has 1 amide bonds. The van der Waals surface area contributed by atoms with E-state index in [0.717, 1.165) is 27.6 Å². The van der Waals surface area contributed by atoms with Crippen LogP contribution >= 0.6 is 22.7 Å². The minimum Gasteiger partial charge on any atom is -0.351 e. The van der Waals surface area contributed by atoms with Gasteiger partial charge in [0.2, 0.25) is 0 Å². The van der Waals surface area contributed by atoms with Crippen molar-refractivity contribution in [3.63, 3.8) is 0 Å². The highest BCUT2D eigenvalue weighted by molar-refractivity contribution is 7.14. The summed E-state index contributed by atoms with van der Waals surface area (Å²) in [5.74, 6) is -0.316. The molecule has 2 N–H and O–H groups in total. The number of aromatic nitrogens is 2. The van der Waals surface area contributed by atoms with Crippen molar-refractivity contribution in [2.75, 3.05) is 5.32 Å². The third kappa shape index (κ3) is 2.11. The Morgan fingerprint density at radius 2 is 2.09 bits per heavy atom. The van der Waals surface area contributed by atoms with Gasteiger partial charge >= 0.3 is 0 Å². The molecule has 0 radical (unpaired) electrons. The van der Waals surface area contributed by atoms with Crippen LogP contribution in [0.1, 0.15) is 9.67 Å². The Morgan fingerprint density at radius 3 is 2.91 bits per heavy atom. The van der Waals surface area contributed by atoms with E-state index in [0.29, 0.717) is 15.5 Å². The maximum atomic E-state index is 12.3. The summed E-state index contributed by atoms with van der Waals surface area (Å²) in [4.78, 5) is 32.1. The van der Waals surface area contributed by atoms with Gasteiger partial charge in [0.25, 0.3) is 10.6 Å². The molecule has 4 rings (SSSR count). The third-order valence-electron chi connectivity index (χ3n) is 3.31. The van der Waals surface area contributed by atoms with E-state index in [2.05, 4.69) is 15.3 Å². The third-order valence-corrected chi connectivity index (χ3v) is 4.91. The summed E-state index contributed by atoms with van der Waals surface area (Å²) in [6, 6.07) is 9.41. The lowest BCUT2D eigenvalue weighted by molar-refractivity contribution is 0.103. The zero-order valence-electron chi connectivity index (χ0n) is 11.1. The summed E-state index contributed by atoms with van der Waals surface area (Å²) in [5, 5.41) is 6.70. The van der Waals surface area contributed by atoms with E-state index in [4.69, 9.17) is 0 Å². The Hall–Kier alpha value is -2.51. The lowest BCUT2D eigenvalue weighted by atomic mass is 10.2. The predicted octanol–water partition coefficient (Wildman–Crippen LogP) is 3.45. The van der Waals surface area contributed by atoms with Gasteiger partial charge in [-0.25, -0.2) is 4.98 Å². The first-order valence-electron chi connectivity index (χ1n) is 6.48. The fraction of sp³-hybridized carbons (Fsp3) is 0. The number of H-pyrrole nitrogens is 1. The van der Waals surface area contributed by atoms with Gasteiger partial charge in [-0.1, -0.05) is 29.5 Å². The molecular formula is C15H9N3O2S2. The molecule has 3 heterocycles. The number of carbonyl (C=O) groups excluding carboxylic acids is 1. The summed E-state index contributed by atoms with van der Waals surface area (Å²) in [7, 11) is 0. The van der Waals surface area contributed by atoms with Crippen molar-refractivity contribution >= 4 is 55.5 Å². The highest BCUT2D eigenvalue weighted by Gasteiger charge is 2.14. The van der Waals surface area contributed by atoms with Gasteiger partial charge in [-0.3, -0.25) is 14.9 Å². The van der Waals surface area contributed by atoms with Crippen LogP contribution in [0, 0.1) is 0 Å². The summed E-state index contributed by atoms with van der Waals surface area (Å²) in [6.07, 6.45) is 1.62. The zero-order valence-corrected chi connectivity index (χ0v) is 12.8. The maximum absolute atomic E-state index is 12.3. The molecule has 0 aliphatic carbocycles. The molecule has 0 saturated heterocycles. The summed E-state index contributed by atoms with van der Waals surface area (Å²) in [5.41, 5.74) is 1.43. The lowest BCUT2D eigenvalue weighted by Crippen LogP contribution is -2.12. The summed E-state index contributed by atoms with van der Waals surface area (Å²) in [6.45, 7) is 0. The highest BCUT2D eigenvalue weighted by Crippen LogP contribution is 2.25. The number of amides is 1. The standard InChI is InChI=1S/C15H9N3O2S2/c19-13(18-15-16-5-6-21-15)11-7-9-8-3-1-2-4-10(8)17-12(9)14(20)22-11/h1-7,17H,(H,16,18,19). The molecule has 5 nitrogen and oxygen atoms in total. The Kier molecular flexibility index (Phi) is 3.02. The number of para-hydroxylation sites is 1. The number of hydrogen-bond acceptors (Lipinski definition) is 5. The molecule has 3 aromatic heterocycles. The van der Waals surface area contributed by atoms with Crippen molar-refractivity contribution < 1.29 is 4.79 Å². The molecule has 0 unspecified atom stereocenters. The molecule has 0 bridgehead atoms. The van der Waals surface area contributed by atoms with E-state index in [9.17, 15) is 9.59 Å². The number of rotatable bonds is 2. The van der Waals surface area contributed by atoms with Crippen LogP contribution in [0.15, 0.2) is 46.7 Å². The molecule has 4 aromatic rings. The molecule has 22 heavy (non-hydrogen) atoms. The van der Waals surface area contributed by atoms with Gasteiger partial charge < -0.3 is 4.98 Å². The minimum absolute atomic E-state index is 0.155. The molecule has 0 atom stereocenters. The molecule has 0 spiro atoms. The number of nitrogens with zero attached hydrogens (tertiary/aromatic N) is 1. The van der Waals surface area contributed by atoms with Crippen molar-refractivity contribution in [1.29, 1.82) is 0 Å². The van der Waals surface area contributed by atoms with E-state index >= 15 is 0 Å². The van der Waals surface area contributed by atoms with Gasteiger partial charge in [0.05, 0.1) is 4.88 Å². The van der Waals surface area contributed by atoms with Crippen LogP contribution in [0.5, 0.6) is 0 Å². The van der Waals surface area contributed by atoms with Crippen LogP contribution in [0.4, 0.5) is 5.13 Å². The number of fused-ring (bicyclic) bond motifs is 3. The number of hydrogen-bond donors (Lipinski definition) is 2. The fourth-order valence-corrected chi connectivity index (χ4v) is 3.65. The van der Waals surface area contributed by atoms with Gasteiger partial charge in [-0.2, -0.15) is 0 Å². The van der Waals surface area contributed by atoms with Gasteiger partial charge in [-0.05, 0) is 12.1 Å². The van der Waals surface area contributed by atoms with Crippen LogP contribution in [0.3, 0.4) is 0 Å². The Balaban J connectivity index is 1.87. The average Bonchev–Trinajstić information content (AvgIpc) is 3.15. The van der Waals surface area contributed by atoms with Crippen molar-refractivity contribution in [3.05, 3.63) is 56.3 Å². The first-order valence-corrected chi connectivity index (χ1v) is 8.17. The number of benzene rings is 1. The van der Waals surface area contributed by atoms with Gasteiger partial charge in [0, 0.05) is 27.9 Å². The van der Waals surface area contributed by atoms with Crippen molar-refractivity contribution in [3.8, 4) is 0 Å². The number of anilines is 1. The fourth-order valence-electron chi connectivity index (χ4n) is 2.34. The van der Waals surface area contributed by atoms with Crippen LogP contribution in [0.25, 0.3) is 21.8 Å². The molecule has 7 heteroatoms. The molecular weight excluding hydrogens is 318 g/mol. The number of thiazole rings is 1. The van der Waals surface area contributed by atoms with Gasteiger partial charge in [0.15, 0.2) is 5.13 Å². The highest BCUT2D eigenvalue weighted by atomic mass is 32.1. The number of nitrogens with one attached hydrogen (secondary N) is 2. The predicted molar refractivity (Wildman–Crippen MR) is 90.0 cm³/mol. The molecule has 0 aliphatic rings.